The highest BCUT2D eigenvalue weighted by atomic mass is 35.5. The molecule has 2 aromatic heterocycles. The van der Waals surface area contributed by atoms with Crippen LogP contribution in [0.25, 0.3) is 11.2 Å². The summed E-state index contributed by atoms with van der Waals surface area (Å²) in [4.78, 5) is 17.7. The molecular weight excluding hydrogens is 254 g/mol. The fraction of sp³-hybridized carbons (Fsp3) is 0.545. The molecule has 0 saturated carbocycles. The van der Waals surface area contributed by atoms with Crippen LogP contribution in [-0.4, -0.2) is 44.7 Å². The predicted octanol–water partition coefficient (Wildman–Crippen LogP) is 1.21. The summed E-state index contributed by atoms with van der Waals surface area (Å²) in [6.45, 7) is 2.05. The van der Waals surface area contributed by atoms with E-state index < -0.39 is 0 Å². The molecule has 0 spiro atoms. The zero-order valence-electron chi connectivity index (χ0n) is 9.80. The van der Waals surface area contributed by atoms with Crippen LogP contribution in [0.5, 0.6) is 0 Å². The highest BCUT2D eigenvalue weighted by molar-refractivity contribution is 6.28. The first-order valence-corrected chi connectivity index (χ1v) is 6.38. The smallest absolute Gasteiger partial charge is 0.226 e. The van der Waals surface area contributed by atoms with E-state index in [1.54, 1.807) is 6.33 Å². The van der Waals surface area contributed by atoms with Gasteiger partial charge in [-0.05, 0) is 30.4 Å². The van der Waals surface area contributed by atoms with E-state index in [0.717, 1.165) is 37.3 Å². The normalized spacial score (nSPS) is 19.9. The third kappa shape index (κ3) is 2.02. The van der Waals surface area contributed by atoms with E-state index in [9.17, 15) is 0 Å². The Bertz CT molecular complexity index is 557. The number of rotatable bonds is 3. The summed E-state index contributed by atoms with van der Waals surface area (Å²) in [5.41, 5.74) is 1.42. The lowest BCUT2D eigenvalue weighted by Crippen LogP contribution is -2.21. The quantitative estimate of drug-likeness (QED) is 0.818. The average molecular weight is 268 g/mol. The number of hydrogen-bond acceptors (Lipinski definition) is 5. The molecule has 1 aliphatic rings. The number of hydrogen-bond donors (Lipinski definition) is 2. The van der Waals surface area contributed by atoms with Gasteiger partial charge in [-0.1, -0.05) is 0 Å². The number of fused-ring (bicyclic) bond motifs is 1. The molecule has 1 unspecified atom stereocenters. The van der Waals surface area contributed by atoms with Crippen LogP contribution >= 0.6 is 11.6 Å². The summed E-state index contributed by atoms with van der Waals surface area (Å²) in [6.07, 6.45) is 3.50. The van der Waals surface area contributed by atoms with Crippen LogP contribution in [0.4, 0.5) is 5.82 Å². The van der Waals surface area contributed by atoms with E-state index in [-0.39, 0.29) is 11.9 Å². The Labute approximate surface area is 109 Å². The molecule has 1 saturated heterocycles. The summed E-state index contributed by atoms with van der Waals surface area (Å²) in [5.74, 6) is 1.32. The minimum Gasteiger partial charge on any atom is -0.396 e. The number of imidazole rings is 1. The molecule has 6 nitrogen and oxygen atoms in total. The van der Waals surface area contributed by atoms with Gasteiger partial charge < -0.3 is 15.0 Å². The van der Waals surface area contributed by atoms with E-state index in [2.05, 4.69) is 24.8 Å². The van der Waals surface area contributed by atoms with E-state index in [1.807, 2.05) is 0 Å². The van der Waals surface area contributed by atoms with Crippen molar-refractivity contribution in [2.24, 2.45) is 5.92 Å². The Morgan fingerprint density at radius 1 is 1.50 bits per heavy atom. The maximum absolute atomic E-state index is 8.98. The van der Waals surface area contributed by atoms with E-state index >= 15 is 0 Å². The molecule has 0 aromatic carbocycles. The molecule has 0 radical (unpaired) electrons. The average Bonchev–Trinajstić information content (AvgIpc) is 2.96. The van der Waals surface area contributed by atoms with E-state index in [4.69, 9.17) is 16.7 Å². The first kappa shape index (κ1) is 11.7. The van der Waals surface area contributed by atoms with Gasteiger partial charge in [0, 0.05) is 19.7 Å². The monoisotopic (exact) mass is 267 g/mol. The molecule has 0 amide bonds. The number of nitrogens with one attached hydrogen (secondary N) is 1. The standard InChI is InChI=1S/C11H14ClN5O/c12-11-15-9-8(13-6-14-9)10(16-11)17-3-1-7(5-17)2-4-18/h6-7,18H,1-5H2,(H,13,14,15,16). The van der Waals surface area contributed by atoms with Crippen molar-refractivity contribution < 1.29 is 5.11 Å². The molecule has 3 rings (SSSR count). The molecule has 96 valence electrons. The second-order valence-electron chi connectivity index (χ2n) is 4.53. The molecule has 3 heterocycles. The number of aromatic amines is 1. The van der Waals surface area contributed by atoms with Gasteiger partial charge in [-0.2, -0.15) is 9.97 Å². The third-order valence-electron chi connectivity index (χ3n) is 3.36. The van der Waals surface area contributed by atoms with Crippen molar-refractivity contribution in [2.45, 2.75) is 12.8 Å². The molecule has 2 aromatic rings. The van der Waals surface area contributed by atoms with Crippen LogP contribution in [0.1, 0.15) is 12.8 Å². The molecule has 0 aliphatic carbocycles. The van der Waals surface area contributed by atoms with E-state index in [1.165, 1.54) is 0 Å². The van der Waals surface area contributed by atoms with Gasteiger partial charge in [0.1, 0.15) is 5.52 Å². The topological polar surface area (TPSA) is 77.9 Å². The minimum atomic E-state index is 0.218. The SMILES string of the molecule is OCCC1CCN(c2nc(Cl)nc3nc[nH]c23)C1. The molecular formula is C11H14ClN5O. The molecule has 1 fully saturated rings. The number of aromatic nitrogens is 4. The maximum Gasteiger partial charge on any atom is 0.226 e. The van der Waals surface area contributed by atoms with Gasteiger partial charge in [-0.3, -0.25) is 0 Å². The van der Waals surface area contributed by atoms with Gasteiger partial charge in [-0.15, -0.1) is 0 Å². The lowest BCUT2D eigenvalue weighted by atomic mass is 10.1. The van der Waals surface area contributed by atoms with Crippen LogP contribution < -0.4 is 4.90 Å². The molecule has 1 atom stereocenters. The van der Waals surface area contributed by atoms with Gasteiger partial charge in [-0.25, -0.2) is 4.98 Å². The number of halogens is 1. The Balaban J connectivity index is 1.92. The van der Waals surface area contributed by atoms with Crippen LogP contribution in [0.2, 0.25) is 5.28 Å². The summed E-state index contributed by atoms with van der Waals surface area (Å²) in [6, 6.07) is 0. The minimum absolute atomic E-state index is 0.218. The number of H-pyrrole nitrogens is 1. The van der Waals surface area contributed by atoms with E-state index in [0.29, 0.717) is 11.6 Å². The molecule has 7 heteroatoms. The van der Waals surface area contributed by atoms with Crippen LogP contribution in [0, 0.1) is 5.92 Å². The summed E-state index contributed by atoms with van der Waals surface area (Å²) in [7, 11) is 0. The molecule has 0 bridgehead atoms. The summed E-state index contributed by atoms with van der Waals surface area (Å²) >= 11 is 5.91. The Morgan fingerprint density at radius 3 is 3.22 bits per heavy atom. The second kappa shape index (κ2) is 4.70. The Kier molecular flexibility index (Phi) is 3.05. The van der Waals surface area contributed by atoms with Gasteiger partial charge in [0.25, 0.3) is 0 Å². The summed E-state index contributed by atoms with van der Waals surface area (Å²) in [5, 5.41) is 9.20. The Hall–Kier alpha value is -1.40. The van der Waals surface area contributed by atoms with Crippen molar-refractivity contribution in [3.63, 3.8) is 0 Å². The lowest BCUT2D eigenvalue weighted by Gasteiger charge is -2.17. The molecule has 2 N–H and O–H groups in total. The first-order chi connectivity index (χ1) is 8.78. The van der Waals surface area contributed by atoms with Crippen LogP contribution in [-0.2, 0) is 0 Å². The zero-order valence-corrected chi connectivity index (χ0v) is 10.6. The van der Waals surface area contributed by atoms with Crippen molar-refractivity contribution in [2.75, 3.05) is 24.6 Å². The number of nitrogens with zero attached hydrogens (tertiary/aromatic N) is 4. The lowest BCUT2D eigenvalue weighted by molar-refractivity contribution is 0.263. The van der Waals surface area contributed by atoms with Crippen molar-refractivity contribution in [3.8, 4) is 0 Å². The third-order valence-corrected chi connectivity index (χ3v) is 3.53. The van der Waals surface area contributed by atoms with Crippen molar-refractivity contribution in [3.05, 3.63) is 11.6 Å². The van der Waals surface area contributed by atoms with Gasteiger partial charge in [0.15, 0.2) is 11.5 Å². The number of aliphatic hydroxyl groups excluding tert-OH is 1. The van der Waals surface area contributed by atoms with Gasteiger partial charge in [0.05, 0.1) is 6.33 Å². The maximum atomic E-state index is 8.98. The summed E-state index contributed by atoms with van der Waals surface area (Å²) < 4.78 is 0. The van der Waals surface area contributed by atoms with Crippen molar-refractivity contribution in [1.82, 2.24) is 19.9 Å². The first-order valence-electron chi connectivity index (χ1n) is 6.00. The molecule has 18 heavy (non-hydrogen) atoms. The highest BCUT2D eigenvalue weighted by Crippen LogP contribution is 2.28. The van der Waals surface area contributed by atoms with Crippen LogP contribution in [0.3, 0.4) is 0 Å². The van der Waals surface area contributed by atoms with Gasteiger partial charge >= 0.3 is 0 Å². The highest BCUT2D eigenvalue weighted by Gasteiger charge is 2.25. The fourth-order valence-electron chi connectivity index (χ4n) is 2.46. The Morgan fingerprint density at radius 2 is 2.39 bits per heavy atom. The van der Waals surface area contributed by atoms with Crippen molar-refractivity contribution >= 4 is 28.6 Å². The van der Waals surface area contributed by atoms with Crippen molar-refractivity contribution in [1.29, 1.82) is 0 Å². The second-order valence-corrected chi connectivity index (χ2v) is 4.87. The number of anilines is 1. The van der Waals surface area contributed by atoms with Gasteiger partial charge in [0.2, 0.25) is 5.28 Å². The predicted molar refractivity (Wildman–Crippen MR) is 68.7 cm³/mol. The number of aliphatic hydroxyl groups is 1. The van der Waals surface area contributed by atoms with Crippen LogP contribution in [0.15, 0.2) is 6.33 Å². The largest absolute Gasteiger partial charge is 0.396 e. The zero-order chi connectivity index (χ0) is 12.5. The fourth-order valence-corrected chi connectivity index (χ4v) is 2.62. The molecule has 1 aliphatic heterocycles.